The Morgan fingerprint density at radius 1 is 1.38 bits per heavy atom. The minimum absolute atomic E-state index is 0.496. The molecule has 2 aromatic rings. The van der Waals surface area contributed by atoms with Crippen LogP contribution in [0.1, 0.15) is 24.6 Å². The van der Waals surface area contributed by atoms with Gasteiger partial charge in [0.1, 0.15) is 5.82 Å². The molecule has 0 radical (unpaired) electrons. The molecule has 0 aromatic carbocycles. The summed E-state index contributed by atoms with van der Waals surface area (Å²) in [5.41, 5.74) is 3.27. The fourth-order valence-corrected chi connectivity index (χ4v) is 1.47. The van der Waals surface area contributed by atoms with E-state index in [1.54, 1.807) is 12.3 Å². The fraction of sp³-hybridized carbons (Fsp3) is 0.300. The minimum Gasteiger partial charge on any atom is -0.334 e. The van der Waals surface area contributed by atoms with E-state index in [1.165, 1.54) is 0 Å². The summed E-state index contributed by atoms with van der Waals surface area (Å²) < 4.78 is 5.17. The van der Waals surface area contributed by atoms with Crippen LogP contribution in [-0.4, -0.2) is 15.1 Å². The highest BCUT2D eigenvalue weighted by atomic mass is 16.5. The molecular formula is C10H11N5O. The zero-order chi connectivity index (χ0) is 11.0. The van der Waals surface area contributed by atoms with Crippen molar-refractivity contribution in [2.75, 3.05) is 5.43 Å². The second-order valence-corrected chi connectivity index (χ2v) is 3.81. The molecule has 1 fully saturated rings. The molecule has 16 heavy (non-hydrogen) atoms. The molecule has 0 aliphatic heterocycles. The first kappa shape index (κ1) is 9.29. The van der Waals surface area contributed by atoms with Gasteiger partial charge in [-0.3, -0.25) is 0 Å². The Balaban J connectivity index is 1.88. The number of nitrogen functional groups attached to an aromatic ring is 1. The number of hydrogen-bond donors (Lipinski definition) is 2. The average molecular weight is 217 g/mol. The van der Waals surface area contributed by atoms with Crippen molar-refractivity contribution in [2.45, 2.75) is 18.8 Å². The monoisotopic (exact) mass is 217 g/mol. The predicted molar refractivity (Wildman–Crippen MR) is 57.3 cm³/mol. The van der Waals surface area contributed by atoms with E-state index in [1.807, 2.05) is 6.07 Å². The summed E-state index contributed by atoms with van der Waals surface area (Å²) in [4.78, 5) is 8.41. The lowest BCUT2D eigenvalue weighted by Gasteiger charge is -1.97. The number of nitrogens with one attached hydrogen (secondary N) is 1. The number of pyridine rings is 1. The van der Waals surface area contributed by atoms with Gasteiger partial charge in [0, 0.05) is 12.1 Å². The van der Waals surface area contributed by atoms with Gasteiger partial charge in [0.05, 0.1) is 5.56 Å². The SMILES string of the molecule is NNc1ccc(-c2nc(C3CC3)no2)cn1. The van der Waals surface area contributed by atoms with Gasteiger partial charge in [-0.2, -0.15) is 4.98 Å². The van der Waals surface area contributed by atoms with Crippen LogP contribution < -0.4 is 11.3 Å². The molecule has 6 nitrogen and oxygen atoms in total. The first-order valence-electron chi connectivity index (χ1n) is 5.13. The van der Waals surface area contributed by atoms with Gasteiger partial charge in [0.25, 0.3) is 5.89 Å². The second-order valence-electron chi connectivity index (χ2n) is 3.81. The lowest BCUT2D eigenvalue weighted by Crippen LogP contribution is -2.07. The molecule has 3 N–H and O–H groups in total. The quantitative estimate of drug-likeness (QED) is 0.594. The summed E-state index contributed by atoms with van der Waals surface area (Å²) in [6.45, 7) is 0. The zero-order valence-corrected chi connectivity index (χ0v) is 8.55. The molecule has 1 aliphatic rings. The van der Waals surface area contributed by atoms with Gasteiger partial charge < -0.3 is 9.95 Å². The molecule has 6 heteroatoms. The third kappa shape index (κ3) is 1.63. The Morgan fingerprint density at radius 2 is 2.25 bits per heavy atom. The van der Waals surface area contributed by atoms with Crippen LogP contribution >= 0.6 is 0 Å². The Hall–Kier alpha value is -1.95. The van der Waals surface area contributed by atoms with Gasteiger partial charge in [0.2, 0.25) is 0 Å². The molecule has 2 aromatic heterocycles. The Labute approximate surface area is 91.8 Å². The average Bonchev–Trinajstić information content (AvgIpc) is 3.08. The number of hydrogen-bond acceptors (Lipinski definition) is 6. The van der Waals surface area contributed by atoms with Crippen LogP contribution in [-0.2, 0) is 0 Å². The number of rotatable bonds is 3. The number of anilines is 1. The van der Waals surface area contributed by atoms with Crippen molar-refractivity contribution in [1.82, 2.24) is 15.1 Å². The normalized spacial score (nSPS) is 15.1. The zero-order valence-electron chi connectivity index (χ0n) is 8.55. The van der Waals surface area contributed by atoms with Crippen molar-refractivity contribution in [3.8, 4) is 11.5 Å². The highest BCUT2D eigenvalue weighted by Gasteiger charge is 2.28. The van der Waals surface area contributed by atoms with Crippen LogP contribution in [0.5, 0.6) is 0 Å². The highest BCUT2D eigenvalue weighted by Crippen LogP contribution is 2.38. The largest absolute Gasteiger partial charge is 0.334 e. The van der Waals surface area contributed by atoms with Crippen molar-refractivity contribution in [1.29, 1.82) is 0 Å². The van der Waals surface area contributed by atoms with E-state index in [0.29, 0.717) is 17.6 Å². The summed E-state index contributed by atoms with van der Waals surface area (Å²) in [5, 5.41) is 3.94. The van der Waals surface area contributed by atoms with Crippen molar-refractivity contribution in [3.05, 3.63) is 24.2 Å². The van der Waals surface area contributed by atoms with Crippen LogP contribution in [0.25, 0.3) is 11.5 Å². The lowest BCUT2D eigenvalue weighted by atomic mass is 10.3. The number of aromatic nitrogens is 3. The Morgan fingerprint density at radius 3 is 2.88 bits per heavy atom. The standard InChI is InChI=1S/C10H11N5O/c11-14-8-4-3-7(5-12-8)10-13-9(15-16-10)6-1-2-6/h3-6H,1-2,11H2,(H,12,14). The maximum atomic E-state index is 5.23. The van der Waals surface area contributed by atoms with Gasteiger partial charge >= 0.3 is 0 Å². The number of nitrogens with zero attached hydrogens (tertiary/aromatic N) is 3. The van der Waals surface area contributed by atoms with Gasteiger partial charge in [-0.15, -0.1) is 0 Å². The summed E-state index contributed by atoms with van der Waals surface area (Å²) in [6, 6.07) is 3.60. The topological polar surface area (TPSA) is 89.9 Å². The smallest absolute Gasteiger partial charge is 0.259 e. The van der Waals surface area contributed by atoms with Crippen molar-refractivity contribution < 1.29 is 4.52 Å². The van der Waals surface area contributed by atoms with E-state index in [-0.39, 0.29) is 0 Å². The summed E-state index contributed by atoms with van der Waals surface area (Å²) in [5.74, 6) is 7.64. The van der Waals surface area contributed by atoms with Crippen molar-refractivity contribution in [3.63, 3.8) is 0 Å². The fourth-order valence-electron chi connectivity index (χ4n) is 1.47. The third-order valence-electron chi connectivity index (χ3n) is 2.54. The molecule has 0 bridgehead atoms. The summed E-state index contributed by atoms with van der Waals surface area (Å²) in [6.07, 6.45) is 3.97. The van der Waals surface area contributed by atoms with E-state index in [0.717, 1.165) is 24.2 Å². The molecule has 0 atom stereocenters. The van der Waals surface area contributed by atoms with E-state index in [2.05, 4.69) is 20.6 Å². The van der Waals surface area contributed by atoms with Crippen LogP contribution in [0.2, 0.25) is 0 Å². The minimum atomic E-state index is 0.496. The first-order valence-corrected chi connectivity index (χ1v) is 5.13. The molecule has 0 amide bonds. The molecule has 1 aliphatic carbocycles. The van der Waals surface area contributed by atoms with Crippen LogP contribution in [0.3, 0.4) is 0 Å². The van der Waals surface area contributed by atoms with E-state index < -0.39 is 0 Å². The van der Waals surface area contributed by atoms with Crippen LogP contribution in [0.4, 0.5) is 5.82 Å². The van der Waals surface area contributed by atoms with Crippen molar-refractivity contribution >= 4 is 5.82 Å². The lowest BCUT2D eigenvalue weighted by molar-refractivity contribution is 0.422. The maximum absolute atomic E-state index is 5.23. The molecule has 0 saturated heterocycles. The molecule has 0 spiro atoms. The van der Waals surface area contributed by atoms with Gasteiger partial charge in [-0.05, 0) is 25.0 Å². The number of nitrogens with two attached hydrogens (primary N) is 1. The first-order chi connectivity index (χ1) is 7.86. The number of hydrazine groups is 1. The Kier molecular flexibility index (Phi) is 2.07. The molecule has 82 valence electrons. The predicted octanol–water partition coefficient (Wildman–Crippen LogP) is 1.29. The second kappa shape index (κ2) is 3.57. The highest BCUT2D eigenvalue weighted by molar-refractivity contribution is 5.53. The van der Waals surface area contributed by atoms with E-state index in [9.17, 15) is 0 Å². The van der Waals surface area contributed by atoms with E-state index >= 15 is 0 Å². The van der Waals surface area contributed by atoms with Gasteiger partial charge in [-0.1, -0.05) is 5.16 Å². The third-order valence-corrected chi connectivity index (χ3v) is 2.54. The van der Waals surface area contributed by atoms with Crippen LogP contribution in [0.15, 0.2) is 22.9 Å². The molecule has 2 heterocycles. The van der Waals surface area contributed by atoms with Gasteiger partial charge in [0.15, 0.2) is 5.82 Å². The molecule has 3 rings (SSSR count). The summed E-state index contributed by atoms with van der Waals surface area (Å²) in [7, 11) is 0. The van der Waals surface area contributed by atoms with Crippen LogP contribution in [0, 0.1) is 0 Å². The van der Waals surface area contributed by atoms with Crippen molar-refractivity contribution in [2.24, 2.45) is 5.84 Å². The molecule has 0 unspecified atom stereocenters. The maximum Gasteiger partial charge on any atom is 0.259 e. The Bertz CT molecular complexity index is 488. The molecule has 1 saturated carbocycles. The van der Waals surface area contributed by atoms with Gasteiger partial charge in [-0.25, -0.2) is 10.8 Å². The summed E-state index contributed by atoms with van der Waals surface area (Å²) >= 11 is 0. The van der Waals surface area contributed by atoms with E-state index in [4.69, 9.17) is 10.4 Å². The molecular weight excluding hydrogens is 206 g/mol.